The lowest BCUT2D eigenvalue weighted by molar-refractivity contribution is 0.0118. The molecule has 0 amide bonds. The van der Waals surface area contributed by atoms with Gasteiger partial charge in [-0.3, -0.25) is 0 Å². The quantitative estimate of drug-likeness (QED) is 0.619. The van der Waals surface area contributed by atoms with Crippen molar-refractivity contribution in [3.05, 3.63) is 35.4 Å². The Bertz CT molecular complexity index is 730. The minimum atomic E-state index is -0.362. The van der Waals surface area contributed by atoms with Crippen LogP contribution in [0.4, 0.5) is 0 Å². The number of carbonyl (C=O) groups excluding carboxylic acids is 1. The van der Waals surface area contributed by atoms with Crippen molar-refractivity contribution in [3.63, 3.8) is 0 Å². The highest BCUT2D eigenvalue weighted by atomic mass is 16.7. The number of benzene rings is 1. The number of esters is 1. The number of nitrogens with one attached hydrogen (secondary N) is 1. The van der Waals surface area contributed by atoms with E-state index in [0.717, 1.165) is 12.0 Å². The molecular weight excluding hydrogens is 298 g/mol. The molecule has 0 aromatic heterocycles. The van der Waals surface area contributed by atoms with E-state index in [1.807, 2.05) is 6.07 Å². The third-order valence-corrected chi connectivity index (χ3v) is 5.46. The molecule has 1 aromatic carbocycles. The van der Waals surface area contributed by atoms with Crippen LogP contribution >= 0.6 is 0 Å². The van der Waals surface area contributed by atoms with Gasteiger partial charge in [-0.15, -0.1) is 0 Å². The van der Waals surface area contributed by atoms with E-state index in [0.29, 0.717) is 23.6 Å². The number of fused-ring (bicyclic) bond motifs is 2. The summed E-state index contributed by atoms with van der Waals surface area (Å²) in [7, 11) is 1.71. The van der Waals surface area contributed by atoms with E-state index in [-0.39, 0.29) is 36.4 Å². The zero-order valence-corrected chi connectivity index (χ0v) is 12.7. The second-order valence-corrected chi connectivity index (χ2v) is 6.41. The lowest BCUT2D eigenvalue weighted by atomic mass is 9.65. The van der Waals surface area contributed by atoms with Crippen LogP contribution in [0.15, 0.2) is 24.3 Å². The van der Waals surface area contributed by atoms with E-state index in [2.05, 4.69) is 17.5 Å². The predicted octanol–water partition coefficient (Wildman–Crippen LogP) is 1.14. The molecule has 5 rings (SSSR count). The second-order valence-electron chi connectivity index (χ2n) is 6.41. The number of hydrogen-bond acceptors (Lipinski definition) is 6. The number of hydrogen-bond donors (Lipinski definition) is 1. The lowest BCUT2D eigenvalue weighted by Gasteiger charge is -2.44. The van der Waals surface area contributed by atoms with Crippen LogP contribution in [0.1, 0.15) is 22.3 Å². The average molecular weight is 315 g/mol. The van der Waals surface area contributed by atoms with Gasteiger partial charge in [0, 0.05) is 19.7 Å². The number of methoxy groups -OCH3 is 1. The first-order valence-corrected chi connectivity index (χ1v) is 7.83. The van der Waals surface area contributed by atoms with Crippen LogP contribution in [0.2, 0.25) is 0 Å². The maximum absolute atomic E-state index is 12.4. The summed E-state index contributed by atoms with van der Waals surface area (Å²) in [6, 6.07) is 3.86. The van der Waals surface area contributed by atoms with Crippen molar-refractivity contribution in [1.29, 1.82) is 0 Å². The average Bonchev–Trinajstić information content (AvgIpc) is 3.17. The Labute approximate surface area is 133 Å². The molecule has 1 N–H and O–H groups in total. The van der Waals surface area contributed by atoms with E-state index >= 15 is 0 Å². The summed E-state index contributed by atoms with van der Waals surface area (Å²) < 4.78 is 22.1. The van der Waals surface area contributed by atoms with Crippen molar-refractivity contribution in [1.82, 2.24) is 5.32 Å². The zero-order chi connectivity index (χ0) is 15.6. The standard InChI is InChI=1S/C17H17NO5/c1-20-9-2-3-17-11-6-13-12(21-8-22-13)5-10(11)16(19)23-15(17)7-18-14(17)4-9/h2-3,5-6,9,14-15,18H,4,7-8H2,1H3/t9-,14+,15-,17+/m0/s1. The van der Waals surface area contributed by atoms with Crippen molar-refractivity contribution in [2.75, 3.05) is 20.4 Å². The fraction of sp³-hybridized carbons (Fsp3) is 0.471. The molecule has 6 nitrogen and oxygen atoms in total. The van der Waals surface area contributed by atoms with Gasteiger partial charge in [-0.2, -0.15) is 0 Å². The molecule has 0 bridgehead atoms. The second kappa shape index (κ2) is 4.49. The molecule has 1 fully saturated rings. The Hall–Kier alpha value is -2.05. The summed E-state index contributed by atoms with van der Waals surface area (Å²) in [5, 5.41) is 3.50. The van der Waals surface area contributed by atoms with Gasteiger partial charge in [0.15, 0.2) is 11.5 Å². The predicted molar refractivity (Wildman–Crippen MR) is 79.8 cm³/mol. The van der Waals surface area contributed by atoms with Gasteiger partial charge in [0.05, 0.1) is 17.1 Å². The lowest BCUT2D eigenvalue weighted by Crippen LogP contribution is -2.52. The fourth-order valence-electron chi connectivity index (χ4n) is 4.32. The highest BCUT2D eigenvalue weighted by Gasteiger charge is 2.57. The first kappa shape index (κ1) is 13.4. The summed E-state index contributed by atoms with van der Waals surface area (Å²) in [5.41, 5.74) is 1.17. The SMILES string of the molecule is CO[C@H]1C=C[C@]23c4cc5c(cc4C(=O)O[C@H]2CN[C@@H]3C1)OCO5. The molecule has 0 radical (unpaired) electrons. The van der Waals surface area contributed by atoms with E-state index < -0.39 is 0 Å². The van der Waals surface area contributed by atoms with Crippen molar-refractivity contribution in [2.24, 2.45) is 0 Å². The molecular formula is C17H17NO5. The van der Waals surface area contributed by atoms with E-state index in [1.54, 1.807) is 13.2 Å². The number of rotatable bonds is 1. The molecule has 1 saturated heterocycles. The summed E-state index contributed by atoms with van der Waals surface area (Å²) in [4.78, 5) is 12.4. The molecule has 4 atom stereocenters. The minimum Gasteiger partial charge on any atom is -0.456 e. The smallest absolute Gasteiger partial charge is 0.338 e. The van der Waals surface area contributed by atoms with Crippen LogP contribution in [0, 0.1) is 0 Å². The van der Waals surface area contributed by atoms with Gasteiger partial charge in [-0.1, -0.05) is 12.2 Å². The summed E-state index contributed by atoms with van der Waals surface area (Å²) in [5.74, 6) is 1.01. The Morgan fingerprint density at radius 2 is 2.13 bits per heavy atom. The Balaban J connectivity index is 1.73. The first-order chi connectivity index (χ1) is 11.2. The summed E-state index contributed by atoms with van der Waals surface area (Å²) in [6.45, 7) is 0.831. The van der Waals surface area contributed by atoms with Crippen LogP contribution in [0.3, 0.4) is 0 Å². The van der Waals surface area contributed by atoms with Crippen LogP contribution in [0.25, 0.3) is 0 Å². The highest BCUT2D eigenvalue weighted by Crippen LogP contribution is 2.50. The van der Waals surface area contributed by atoms with Gasteiger partial charge in [0.2, 0.25) is 6.79 Å². The monoisotopic (exact) mass is 315 g/mol. The minimum absolute atomic E-state index is 0.0759. The molecule has 3 heterocycles. The molecule has 0 saturated carbocycles. The maximum Gasteiger partial charge on any atom is 0.338 e. The topological polar surface area (TPSA) is 66.0 Å². The molecule has 1 aliphatic carbocycles. The van der Waals surface area contributed by atoms with Crippen LogP contribution in [-0.4, -0.2) is 44.7 Å². The van der Waals surface area contributed by atoms with Crippen LogP contribution < -0.4 is 14.8 Å². The van der Waals surface area contributed by atoms with E-state index in [4.69, 9.17) is 18.9 Å². The molecule has 4 aliphatic rings. The van der Waals surface area contributed by atoms with Gasteiger partial charge in [0.1, 0.15) is 6.10 Å². The van der Waals surface area contributed by atoms with Crippen molar-refractivity contribution < 1.29 is 23.7 Å². The van der Waals surface area contributed by atoms with Gasteiger partial charge in [-0.25, -0.2) is 4.79 Å². The summed E-state index contributed by atoms with van der Waals surface area (Å²) >= 11 is 0. The number of carbonyl (C=O) groups is 1. The molecule has 3 aliphatic heterocycles. The molecule has 23 heavy (non-hydrogen) atoms. The van der Waals surface area contributed by atoms with Gasteiger partial charge in [0.25, 0.3) is 0 Å². The third-order valence-electron chi connectivity index (χ3n) is 5.46. The van der Waals surface area contributed by atoms with Crippen molar-refractivity contribution >= 4 is 5.97 Å². The van der Waals surface area contributed by atoms with Crippen molar-refractivity contribution in [3.8, 4) is 11.5 Å². The molecule has 6 heteroatoms. The van der Waals surface area contributed by atoms with E-state index in [1.165, 1.54) is 0 Å². The van der Waals surface area contributed by atoms with Crippen LogP contribution in [0.5, 0.6) is 11.5 Å². The van der Waals surface area contributed by atoms with E-state index in [9.17, 15) is 4.79 Å². The Morgan fingerprint density at radius 3 is 2.96 bits per heavy atom. The van der Waals surface area contributed by atoms with Gasteiger partial charge >= 0.3 is 5.97 Å². The maximum atomic E-state index is 12.4. The molecule has 1 spiro atoms. The third kappa shape index (κ3) is 1.62. The molecule has 1 aromatic rings. The molecule has 0 unspecified atom stereocenters. The first-order valence-electron chi connectivity index (χ1n) is 7.83. The van der Waals surface area contributed by atoms with Crippen molar-refractivity contribution in [2.45, 2.75) is 30.1 Å². The zero-order valence-electron chi connectivity index (χ0n) is 12.7. The van der Waals surface area contributed by atoms with Gasteiger partial charge < -0.3 is 24.3 Å². The Morgan fingerprint density at radius 1 is 1.30 bits per heavy atom. The van der Waals surface area contributed by atoms with Crippen LogP contribution in [-0.2, 0) is 14.9 Å². The normalized spacial score (nSPS) is 36.2. The largest absolute Gasteiger partial charge is 0.456 e. The fourth-order valence-corrected chi connectivity index (χ4v) is 4.32. The summed E-state index contributed by atoms with van der Waals surface area (Å²) in [6.07, 6.45) is 4.93. The Kier molecular flexibility index (Phi) is 2.61. The van der Waals surface area contributed by atoms with Gasteiger partial charge in [-0.05, 0) is 24.1 Å². The highest BCUT2D eigenvalue weighted by molar-refractivity contribution is 5.94. The number of ether oxygens (including phenoxy) is 4. The molecule has 120 valence electrons.